The highest BCUT2D eigenvalue weighted by molar-refractivity contribution is 6.21. The summed E-state index contributed by atoms with van der Waals surface area (Å²) in [6, 6.07) is 17.1. The Labute approximate surface area is 189 Å². The predicted octanol–water partition coefficient (Wildman–Crippen LogP) is 5.99. The molecule has 0 fully saturated rings. The molecule has 0 saturated carbocycles. The standard InChI is InChI=1S/C16H21ClO2.C9H11NO2/c1-11(6-9-15(18)19)10-13-8-7-12-4-2-3-5-14(12)16(13)17;1-7(9(11)12)10-8-5-3-2-4-6-8/h2-5,11,13,16H,6-10H2,1H3,(H,18,19);2-7,10H,1H3,(H,11,12)/t;7-/m.0/s1. The van der Waals surface area contributed by atoms with Gasteiger partial charge in [0.15, 0.2) is 0 Å². The summed E-state index contributed by atoms with van der Waals surface area (Å²) in [7, 11) is 0. The number of benzene rings is 2. The van der Waals surface area contributed by atoms with Crippen LogP contribution in [0.2, 0.25) is 0 Å². The number of alkyl halides is 1. The van der Waals surface area contributed by atoms with E-state index >= 15 is 0 Å². The number of carboxylic acid groups (broad SMARTS) is 2. The molecule has 0 aromatic heterocycles. The van der Waals surface area contributed by atoms with Gasteiger partial charge in [0.25, 0.3) is 0 Å². The lowest BCUT2D eigenvalue weighted by molar-refractivity contribution is -0.138. The van der Waals surface area contributed by atoms with Crippen molar-refractivity contribution in [3.63, 3.8) is 0 Å². The number of hydrogen-bond donors (Lipinski definition) is 3. The topological polar surface area (TPSA) is 86.6 Å². The first-order valence-electron chi connectivity index (χ1n) is 10.8. The number of carbonyl (C=O) groups is 2. The molecular weight excluding hydrogens is 414 g/mol. The van der Waals surface area contributed by atoms with Gasteiger partial charge in [-0.15, -0.1) is 11.6 Å². The highest BCUT2D eigenvalue weighted by Gasteiger charge is 2.28. The van der Waals surface area contributed by atoms with Crippen molar-refractivity contribution in [3.8, 4) is 0 Å². The third-order valence-corrected chi connectivity index (χ3v) is 6.23. The van der Waals surface area contributed by atoms with Gasteiger partial charge in [-0.3, -0.25) is 9.59 Å². The summed E-state index contributed by atoms with van der Waals surface area (Å²) in [5, 5.41) is 20.2. The molecule has 0 radical (unpaired) electrons. The van der Waals surface area contributed by atoms with Crippen molar-refractivity contribution in [3.05, 3.63) is 65.7 Å². The van der Waals surface area contributed by atoms with Crippen molar-refractivity contribution in [1.82, 2.24) is 0 Å². The molecule has 6 heteroatoms. The molecule has 0 heterocycles. The van der Waals surface area contributed by atoms with E-state index in [9.17, 15) is 9.59 Å². The highest BCUT2D eigenvalue weighted by Crippen LogP contribution is 2.42. The molecule has 1 aliphatic carbocycles. The first-order chi connectivity index (χ1) is 14.8. The van der Waals surface area contributed by atoms with Crippen LogP contribution in [0.25, 0.3) is 0 Å². The van der Waals surface area contributed by atoms with Crippen LogP contribution in [-0.2, 0) is 16.0 Å². The van der Waals surface area contributed by atoms with Crippen LogP contribution in [0.1, 0.15) is 56.0 Å². The van der Waals surface area contributed by atoms with Crippen molar-refractivity contribution >= 4 is 29.2 Å². The maximum absolute atomic E-state index is 10.6. The van der Waals surface area contributed by atoms with Crippen LogP contribution < -0.4 is 5.32 Å². The van der Waals surface area contributed by atoms with Crippen molar-refractivity contribution in [2.45, 2.75) is 57.4 Å². The van der Waals surface area contributed by atoms with Gasteiger partial charge in [-0.25, -0.2) is 0 Å². The molecular formula is C25H32ClNO4. The Bertz CT molecular complexity index is 842. The van der Waals surface area contributed by atoms with Gasteiger partial charge in [0.05, 0.1) is 5.38 Å². The lowest BCUT2D eigenvalue weighted by Gasteiger charge is -2.31. The smallest absolute Gasteiger partial charge is 0.325 e. The third kappa shape index (κ3) is 8.25. The van der Waals surface area contributed by atoms with Gasteiger partial charge in [-0.2, -0.15) is 0 Å². The minimum absolute atomic E-state index is 0.0808. The van der Waals surface area contributed by atoms with Gasteiger partial charge in [0.1, 0.15) is 6.04 Å². The van der Waals surface area contributed by atoms with E-state index in [0.717, 1.165) is 31.4 Å². The fourth-order valence-corrected chi connectivity index (χ4v) is 4.30. The average molecular weight is 446 g/mol. The van der Waals surface area contributed by atoms with Gasteiger partial charge in [-0.1, -0.05) is 49.4 Å². The number of hydrogen-bond acceptors (Lipinski definition) is 3. The Morgan fingerprint density at radius 3 is 2.35 bits per heavy atom. The van der Waals surface area contributed by atoms with Crippen molar-refractivity contribution in [2.75, 3.05) is 5.32 Å². The number of nitrogens with one attached hydrogen (secondary N) is 1. The molecule has 3 N–H and O–H groups in total. The molecule has 0 bridgehead atoms. The van der Waals surface area contributed by atoms with Crippen LogP contribution >= 0.6 is 11.6 Å². The quantitative estimate of drug-likeness (QED) is 0.434. The molecule has 0 amide bonds. The molecule has 1 aliphatic rings. The third-order valence-electron chi connectivity index (χ3n) is 5.63. The Balaban J connectivity index is 0.000000245. The second-order valence-electron chi connectivity index (χ2n) is 8.24. The Morgan fingerprint density at radius 2 is 1.71 bits per heavy atom. The van der Waals surface area contributed by atoms with Crippen molar-refractivity contribution < 1.29 is 19.8 Å². The Hall–Kier alpha value is -2.53. The highest BCUT2D eigenvalue weighted by atomic mass is 35.5. The monoisotopic (exact) mass is 445 g/mol. The van der Waals surface area contributed by atoms with Gasteiger partial charge < -0.3 is 15.5 Å². The van der Waals surface area contributed by atoms with Crippen LogP contribution in [0.4, 0.5) is 5.69 Å². The molecule has 3 unspecified atom stereocenters. The van der Waals surface area contributed by atoms with Gasteiger partial charge in [0, 0.05) is 12.1 Å². The molecule has 2 aromatic rings. The normalized spacial score (nSPS) is 19.2. The number of aliphatic carboxylic acids is 2. The van der Waals surface area contributed by atoms with Gasteiger partial charge in [-0.05, 0) is 67.7 Å². The van der Waals surface area contributed by atoms with E-state index in [2.05, 4.69) is 30.4 Å². The molecule has 3 rings (SSSR count). The zero-order valence-corrected chi connectivity index (χ0v) is 18.9. The average Bonchev–Trinajstić information content (AvgIpc) is 2.75. The number of halogens is 1. The molecule has 31 heavy (non-hydrogen) atoms. The first kappa shape index (κ1) is 24.7. The summed E-state index contributed by atoms with van der Waals surface area (Å²) in [4.78, 5) is 21.0. The zero-order chi connectivity index (χ0) is 22.8. The van der Waals surface area contributed by atoms with Gasteiger partial charge >= 0.3 is 11.9 Å². The fraction of sp³-hybridized carbons (Fsp3) is 0.440. The van der Waals surface area contributed by atoms with Crippen LogP contribution in [0.5, 0.6) is 0 Å². The maximum atomic E-state index is 10.6. The van der Waals surface area contributed by atoms with Crippen molar-refractivity contribution in [1.29, 1.82) is 0 Å². The van der Waals surface area contributed by atoms with Crippen LogP contribution in [-0.4, -0.2) is 28.2 Å². The largest absolute Gasteiger partial charge is 0.481 e. The SMILES string of the molecule is CC(CCC(=O)O)CC1CCc2ccccc2C1Cl.C[C@H](Nc1ccccc1)C(=O)O. The van der Waals surface area contributed by atoms with Gasteiger partial charge in [0.2, 0.25) is 0 Å². The van der Waals surface area contributed by atoms with E-state index in [1.807, 2.05) is 36.4 Å². The molecule has 0 spiro atoms. The maximum Gasteiger partial charge on any atom is 0.325 e. The Morgan fingerprint density at radius 1 is 1.06 bits per heavy atom. The number of para-hydroxylation sites is 1. The van der Waals surface area contributed by atoms with E-state index in [1.165, 1.54) is 11.1 Å². The molecule has 5 nitrogen and oxygen atoms in total. The summed E-state index contributed by atoms with van der Waals surface area (Å²) in [5.74, 6) is -0.657. The summed E-state index contributed by atoms with van der Waals surface area (Å²) < 4.78 is 0. The first-order valence-corrected chi connectivity index (χ1v) is 11.2. The number of aryl methyl sites for hydroxylation is 1. The minimum atomic E-state index is -0.848. The predicted molar refractivity (Wildman–Crippen MR) is 125 cm³/mol. The molecule has 4 atom stereocenters. The summed E-state index contributed by atoms with van der Waals surface area (Å²) >= 11 is 6.60. The van der Waals surface area contributed by atoms with E-state index in [4.69, 9.17) is 21.8 Å². The second kappa shape index (κ2) is 12.4. The second-order valence-corrected chi connectivity index (χ2v) is 8.71. The lowest BCUT2D eigenvalue weighted by Crippen LogP contribution is -2.25. The van der Waals surface area contributed by atoms with Crippen LogP contribution in [0, 0.1) is 11.8 Å². The molecule has 168 valence electrons. The zero-order valence-electron chi connectivity index (χ0n) is 18.1. The Kier molecular flexibility index (Phi) is 9.86. The summed E-state index contributed by atoms with van der Waals surface area (Å²) in [6.45, 7) is 3.74. The van der Waals surface area contributed by atoms with E-state index < -0.39 is 18.0 Å². The summed E-state index contributed by atoms with van der Waals surface area (Å²) in [6.07, 6.45) is 4.24. The number of fused-ring (bicyclic) bond motifs is 1. The van der Waals surface area contributed by atoms with Crippen LogP contribution in [0.15, 0.2) is 54.6 Å². The minimum Gasteiger partial charge on any atom is -0.481 e. The summed E-state index contributed by atoms with van der Waals surface area (Å²) in [5.41, 5.74) is 3.47. The fourth-order valence-electron chi connectivity index (χ4n) is 3.86. The number of anilines is 1. The van der Waals surface area contributed by atoms with E-state index in [1.54, 1.807) is 6.92 Å². The van der Waals surface area contributed by atoms with Crippen LogP contribution in [0.3, 0.4) is 0 Å². The van der Waals surface area contributed by atoms with E-state index in [0.29, 0.717) is 11.8 Å². The van der Waals surface area contributed by atoms with Crippen molar-refractivity contribution in [2.24, 2.45) is 11.8 Å². The molecule has 2 aromatic carbocycles. The molecule has 0 aliphatic heterocycles. The molecule has 0 saturated heterocycles. The van der Waals surface area contributed by atoms with E-state index in [-0.39, 0.29) is 11.8 Å². The number of rotatable bonds is 8. The number of carboxylic acids is 2. The lowest BCUT2D eigenvalue weighted by atomic mass is 9.78.